The number of hydrogen-bond donors (Lipinski definition) is 2. The number of carbonyl (C=O) groups is 2. The molecule has 1 heterocycles. The summed E-state index contributed by atoms with van der Waals surface area (Å²) in [5.74, 6) is -2.05. The van der Waals surface area contributed by atoms with E-state index in [9.17, 15) is 18.4 Å². The second kappa shape index (κ2) is 7.21. The molecule has 1 unspecified atom stereocenters. The topological polar surface area (TPSA) is 71.3 Å². The Morgan fingerprint density at radius 1 is 1.30 bits per heavy atom. The molecule has 2 aromatic rings. The van der Waals surface area contributed by atoms with Crippen LogP contribution in [-0.2, 0) is 22.6 Å². The third-order valence-corrected chi connectivity index (χ3v) is 3.61. The Balaban J connectivity index is 2.15. The zero-order valence-electron chi connectivity index (χ0n) is 12.6. The zero-order valence-corrected chi connectivity index (χ0v) is 12.6. The van der Waals surface area contributed by atoms with E-state index in [-0.39, 0.29) is 6.42 Å². The summed E-state index contributed by atoms with van der Waals surface area (Å²) >= 11 is 0. The molecule has 0 fully saturated rings. The second-order valence-electron chi connectivity index (χ2n) is 5.22. The van der Waals surface area contributed by atoms with Crippen LogP contribution >= 0.6 is 0 Å². The van der Waals surface area contributed by atoms with E-state index in [4.69, 9.17) is 5.11 Å². The second-order valence-corrected chi connectivity index (χ2v) is 5.22. The number of carboxylic acids is 1. The minimum absolute atomic E-state index is 0.0550. The number of rotatable bonds is 7. The summed E-state index contributed by atoms with van der Waals surface area (Å²) in [7, 11) is 0. The molecule has 2 rings (SSSR count). The van der Waals surface area contributed by atoms with Gasteiger partial charge in [0, 0.05) is 30.1 Å². The molecule has 0 aliphatic rings. The highest BCUT2D eigenvalue weighted by Gasteiger charge is 2.24. The van der Waals surface area contributed by atoms with Crippen molar-refractivity contribution in [2.45, 2.75) is 38.8 Å². The van der Waals surface area contributed by atoms with Crippen molar-refractivity contribution in [1.29, 1.82) is 0 Å². The number of alkyl halides is 2. The molecule has 124 valence electrons. The first-order chi connectivity index (χ1) is 10.9. The van der Waals surface area contributed by atoms with Gasteiger partial charge in [-0.15, -0.1) is 0 Å². The van der Waals surface area contributed by atoms with E-state index in [2.05, 4.69) is 5.32 Å². The molecule has 0 radical (unpaired) electrons. The lowest BCUT2D eigenvalue weighted by atomic mass is 10.1. The van der Waals surface area contributed by atoms with Crippen LogP contribution in [-0.4, -0.2) is 34.0 Å². The molecule has 0 aliphatic heterocycles. The smallest absolute Gasteiger partial charge is 0.326 e. The molecule has 0 aliphatic carbocycles. The molecule has 2 N–H and O–H groups in total. The van der Waals surface area contributed by atoms with Crippen LogP contribution in [0.25, 0.3) is 10.9 Å². The van der Waals surface area contributed by atoms with Gasteiger partial charge < -0.3 is 15.0 Å². The van der Waals surface area contributed by atoms with Crippen LogP contribution in [0.4, 0.5) is 8.78 Å². The van der Waals surface area contributed by atoms with Crippen LogP contribution in [0.1, 0.15) is 18.9 Å². The molecule has 0 bridgehead atoms. The highest BCUT2D eigenvalue weighted by atomic mass is 19.3. The van der Waals surface area contributed by atoms with Gasteiger partial charge >= 0.3 is 5.97 Å². The fourth-order valence-corrected chi connectivity index (χ4v) is 2.54. The number of aliphatic carboxylic acids is 1. The molecule has 1 amide bonds. The number of carbonyl (C=O) groups excluding carboxylic acids is 1. The minimum atomic E-state index is -2.79. The van der Waals surface area contributed by atoms with Gasteiger partial charge in [-0.1, -0.05) is 18.2 Å². The Morgan fingerprint density at radius 2 is 2.00 bits per heavy atom. The first-order valence-electron chi connectivity index (χ1n) is 7.29. The molecular formula is C16H18F2N2O3. The van der Waals surface area contributed by atoms with Gasteiger partial charge in [-0.25, -0.2) is 13.6 Å². The van der Waals surface area contributed by atoms with E-state index in [1.54, 1.807) is 0 Å². The van der Waals surface area contributed by atoms with Crippen molar-refractivity contribution in [2.24, 2.45) is 0 Å². The van der Waals surface area contributed by atoms with Crippen molar-refractivity contribution in [3.63, 3.8) is 0 Å². The molecule has 1 aromatic heterocycles. The van der Waals surface area contributed by atoms with Gasteiger partial charge in [0.1, 0.15) is 6.04 Å². The molecule has 1 atom stereocenters. The van der Waals surface area contributed by atoms with Gasteiger partial charge in [0.05, 0.1) is 6.42 Å². The Hall–Kier alpha value is -2.44. The molecule has 0 saturated carbocycles. The lowest BCUT2D eigenvalue weighted by Crippen LogP contribution is -2.42. The van der Waals surface area contributed by atoms with E-state index < -0.39 is 30.8 Å². The molecule has 0 spiro atoms. The maximum atomic E-state index is 12.4. The standard InChI is InChI=1S/C16H18F2N2O3/c1-2-20-9-10(11-5-3-4-6-13(11)20)7-15(21)19-12(16(22)23)8-14(17)18/h3-6,9,12,14H,2,7-8H2,1H3,(H,19,21)(H,22,23). The fraction of sp³-hybridized carbons (Fsp3) is 0.375. The summed E-state index contributed by atoms with van der Waals surface area (Å²) in [5.41, 5.74) is 1.71. The molecule has 0 saturated heterocycles. The number of benzene rings is 1. The predicted molar refractivity (Wildman–Crippen MR) is 81.5 cm³/mol. The van der Waals surface area contributed by atoms with Crippen molar-refractivity contribution >= 4 is 22.8 Å². The van der Waals surface area contributed by atoms with Crippen LogP contribution < -0.4 is 5.32 Å². The predicted octanol–water partition coefficient (Wildman–Crippen LogP) is 2.43. The van der Waals surface area contributed by atoms with Gasteiger partial charge in [-0.05, 0) is 18.6 Å². The van der Waals surface area contributed by atoms with Gasteiger partial charge in [0.25, 0.3) is 0 Å². The van der Waals surface area contributed by atoms with Gasteiger partial charge in [0.15, 0.2) is 0 Å². The molecule has 5 nitrogen and oxygen atoms in total. The largest absolute Gasteiger partial charge is 0.480 e. The van der Waals surface area contributed by atoms with Crippen molar-refractivity contribution in [3.05, 3.63) is 36.0 Å². The first kappa shape index (κ1) is 16.9. The summed E-state index contributed by atoms with van der Waals surface area (Å²) in [6.45, 7) is 2.70. The molecule has 7 heteroatoms. The summed E-state index contributed by atoms with van der Waals surface area (Å²) < 4.78 is 26.7. The number of carboxylic acid groups (broad SMARTS) is 1. The summed E-state index contributed by atoms with van der Waals surface area (Å²) in [5, 5.41) is 12.0. The van der Waals surface area contributed by atoms with E-state index in [0.29, 0.717) is 0 Å². The first-order valence-corrected chi connectivity index (χ1v) is 7.29. The molecule has 1 aromatic carbocycles. The van der Waals surface area contributed by atoms with Gasteiger partial charge in [-0.3, -0.25) is 4.79 Å². The number of fused-ring (bicyclic) bond motifs is 1. The van der Waals surface area contributed by atoms with Gasteiger partial charge in [0.2, 0.25) is 12.3 Å². The van der Waals surface area contributed by atoms with E-state index in [1.807, 2.05) is 42.0 Å². The van der Waals surface area contributed by atoms with Crippen LogP contribution in [0.5, 0.6) is 0 Å². The summed E-state index contributed by atoms with van der Waals surface area (Å²) in [6.07, 6.45) is -1.93. The number of nitrogens with one attached hydrogen (secondary N) is 1. The third kappa shape index (κ3) is 4.06. The Labute approximate surface area is 131 Å². The number of aryl methyl sites for hydroxylation is 1. The maximum absolute atomic E-state index is 12.4. The van der Waals surface area contributed by atoms with Crippen molar-refractivity contribution in [3.8, 4) is 0 Å². The highest BCUT2D eigenvalue weighted by Crippen LogP contribution is 2.21. The Kier molecular flexibility index (Phi) is 5.31. The SMILES string of the molecule is CCn1cc(CC(=O)NC(CC(F)F)C(=O)O)c2ccccc21. The fourth-order valence-electron chi connectivity index (χ4n) is 2.54. The average molecular weight is 324 g/mol. The quantitative estimate of drug-likeness (QED) is 0.822. The van der Waals surface area contributed by atoms with Gasteiger partial charge in [-0.2, -0.15) is 0 Å². The Bertz CT molecular complexity index is 712. The van der Waals surface area contributed by atoms with Crippen LogP contribution in [0.2, 0.25) is 0 Å². The van der Waals surface area contributed by atoms with E-state index in [1.165, 1.54) is 0 Å². The summed E-state index contributed by atoms with van der Waals surface area (Å²) in [6, 6.07) is 5.96. The third-order valence-electron chi connectivity index (χ3n) is 3.61. The van der Waals surface area contributed by atoms with Crippen molar-refractivity contribution < 1.29 is 23.5 Å². The molecule has 23 heavy (non-hydrogen) atoms. The van der Waals surface area contributed by atoms with E-state index >= 15 is 0 Å². The molecular weight excluding hydrogens is 306 g/mol. The van der Waals surface area contributed by atoms with Crippen molar-refractivity contribution in [2.75, 3.05) is 0 Å². The number of nitrogens with zero attached hydrogens (tertiary/aromatic N) is 1. The highest BCUT2D eigenvalue weighted by molar-refractivity contribution is 5.91. The lowest BCUT2D eigenvalue weighted by Gasteiger charge is -2.13. The normalized spacial score (nSPS) is 12.5. The maximum Gasteiger partial charge on any atom is 0.326 e. The lowest BCUT2D eigenvalue weighted by molar-refractivity contribution is -0.142. The minimum Gasteiger partial charge on any atom is -0.480 e. The summed E-state index contributed by atoms with van der Waals surface area (Å²) in [4.78, 5) is 23.0. The monoisotopic (exact) mass is 324 g/mol. The number of para-hydroxylation sites is 1. The number of amides is 1. The van der Waals surface area contributed by atoms with Crippen molar-refractivity contribution in [1.82, 2.24) is 9.88 Å². The van der Waals surface area contributed by atoms with E-state index in [0.717, 1.165) is 23.0 Å². The zero-order chi connectivity index (χ0) is 17.0. The number of hydrogen-bond acceptors (Lipinski definition) is 2. The number of aromatic nitrogens is 1. The average Bonchev–Trinajstić information content (AvgIpc) is 2.84. The van der Waals surface area contributed by atoms with Crippen LogP contribution in [0.3, 0.4) is 0 Å². The van der Waals surface area contributed by atoms with Crippen LogP contribution in [0.15, 0.2) is 30.5 Å². The number of halogens is 2. The van der Waals surface area contributed by atoms with Crippen LogP contribution in [0, 0.1) is 0 Å². The Morgan fingerprint density at radius 3 is 2.61 bits per heavy atom.